The predicted molar refractivity (Wildman–Crippen MR) is 126 cm³/mol. The second kappa shape index (κ2) is 9.73. The number of hydrogen-bond donors (Lipinski definition) is 1. The summed E-state index contributed by atoms with van der Waals surface area (Å²) < 4.78 is 7.92. The van der Waals surface area contributed by atoms with E-state index in [9.17, 15) is 0 Å². The smallest absolute Gasteiger partial charge is 0.139 e. The van der Waals surface area contributed by atoms with Crippen molar-refractivity contribution >= 4 is 72.4 Å². The van der Waals surface area contributed by atoms with E-state index in [2.05, 4.69) is 37.2 Å². The standard InChI is InChI=1S/C21H16Br2Cl3NO/c1-12-18(25)3-2-4-20(12)27-10-14-7-15(22)8-17(23)21(14)28-11-13-5-6-16(24)9-19(13)26/h2-9,27H,10-11H2,1H3. The zero-order chi connectivity index (χ0) is 20.3. The van der Waals surface area contributed by atoms with Gasteiger partial charge >= 0.3 is 0 Å². The maximum Gasteiger partial charge on any atom is 0.139 e. The molecule has 0 fully saturated rings. The van der Waals surface area contributed by atoms with E-state index in [0.717, 1.165) is 42.1 Å². The van der Waals surface area contributed by atoms with E-state index in [4.69, 9.17) is 39.5 Å². The molecule has 3 aromatic carbocycles. The van der Waals surface area contributed by atoms with E-state index >= 15 is 0 Å². The maximum atomic E-state index is 6.27. The third-order valence-corrected chi connectivity index (χ3v) is 6.25. The van der Waals surface area contributed by atoms with Gasteiger partial charge in [0, 0.05) is 42.9 Å². The monoisotopic (exact) mass is 561 g/mol. The Morgan fingerprint density at radius 3 is 2.46 bits per heavy atom. The molecule has 0 aliphatic carbocycles. The van der Waals surface area contributed by atoms with Crippen LogP contribution in [0.2, 0.25) is 15.1 Å². The average Bonchev–Trinajstić information content (AvgIpc) is 2.63. The lowest BCUT2D eigenvalue weighted by Gasteiger charge is -2.17. The number of ether oxygens (including phenoxy) is 1. The van der Waals surface area contributed by atoms with Crippen molar-refractivity contribution in [1.82, 2.24) is 0 Å². The fourth-order valence-corrected chi connectivity index (χ4v) is 4.75. The Labute approximate surface area is 196 Å². The lowest BCUT2D eigenvalue weighted by Crippen LogP contribution is -2.06. The Morgan fingerprint density at radius 2 is 1.71 bits per heavy atom. The highest BCUT2D eigenvalue weighted by atomic mass is 79.9. The van der Waals surface area contributed by atoms with Crippen LogP contribution >= 0.6 is 66.7 Å². The van der Waals surface area contributed by atoms with Crippen molar-refractivity contribution in [3.05, 3.63) is 89.2 Å². The topological polar surface area (TPSA) is 21.3 Å². The Morgan fingerprint density at radius 1 is 0.929 bits per heavy atom. The molecule has 0 aliphatic rings. The maximum absolute atomic E-state index is 6.27. The fraction of sp³-hybridized carbons (Fsp3) is 0.143. The summed E-state index contributed by atoms with van der Waals surface area (Å²) in [6.45, 7) is 2.89. The molecule has 0 atom stereocenters. The van der Waals surface area contributed by atoms with Crippen molar-refractivity contribution in [2.24, 2.45) is 0 Å². The van der Waals surface area contributed by atoms with E-state index < -0.39 is 0 Å². The number of halogens is 5. The van der Waals surface area contributed by atoms with Crippen molar-refractivity contribution in [1.29, 1.82) is 0 Å². The SMILES string of the molecule is Cc1c(Cl)cccc1NCc1cc(Br)cc(Br)c1OCc1ccc(Cl)cc1Cl. The minimum absolute atomic E-state index is 0.333. The van der Waals surface area contributed by atoms with Gasteiger partial charge in [-0.3, -0.25) is 0 Å². The molecule has 0 saturated heterocycles. The van der Waals surface area contributed by atoms with Gasteiger partial charge in [0.2, 0.25) is 0 Å². The van der Waals surface area contributed by atoms with Crippen molar-refractivity contribution in [2.75, 3.05) is 5.32 Å². The highest BCUT2D eigenvalue weighted by molar-refractivity contribution is 9.11. The Hall–Kier alpha value is -0.910. The first-order chi connectivity index (χ1) is 13.3. The molecule has 0 bridgehead atoms. The van der Waals surface area contributed by atoms with Crippen LogP contribution in [-0.4, -0.2) is 0 Å². The second-order valence-corrected chi connectivity index (χ2v) is 9.19. The van der Waals surface area contributed by atoms with Crippen LogP contribution in [0.3, 0.4) is 0 Å². The lowest BCUT2D eigenvalue weighted by atomic mass is 10.1. The van der Waals surface area contributed by atoms with Crippen LogP contribution in [0.5, 0.6) is 5.75 Å². The number of anilines is 1. The summed E-state index contributed by atoms with van der Waals surface area (Å²) in [5, 5.41) is 5.34. The molecule has 0 saturated carbocycles. The quantitative estimate of drug-likeness (QED) is 0.324. The molecule has 28 heavy (non-hydrogen) atoms. The third kappa shape index (κ3) is 5.37. The first-order valence-corrected chi connectivity index (χ1v) is 11.1. The van der Waals surface area contributed by atoms with E-state index in [1.807, 2.05) is 43.3 Å². The van der Waals surface area contributed by atoms with Crippen molar-refractivity contribution < 1.29 is 4.74 Å². The van der Waals surface area contributed by atoms with Crippen molar-refractivity contribution in [3.63, 3.8) is 0 Å². The van der Waals surface area contributed by atoms with E-state index in [1.165, 1.54) is 0 Å². The number of rotatable bonds is 6. The molecule has 0 radical (unpaired) electrons. The van der Waals surface area contributed by atoms with Gasteiger partial charge in [0.15, 0.2) is 0 Å². The average molecular weight is 565 g/mol. The van der Waals surface area contributed by atoms with Crippen LogP contribution in [0.1, 0.15) is 16.7 Å². The summed E-state index contributed by atoms with van der Waals surface area (Å²) in [7, 11) is 0. The van der Waals surface area contributed by atoms with Gasteiger partial charge in [-0.05, 0) is 64.8 Å². The Balaban J connectivity index is 1.82. The molecule has 1 N–H and O–H groups in total. The summed E-state index contributed by atoms with van der Waals surface area (Å²) >= 11 is 25.6. The van der Waals surface area contributed by atoms with Gasteiger partial charge in [-0.1, -0.05) is 62.9 Å². The molecular weight excluding hydrogens is 548 g/mol. The van der Waals surface area contributed by atoms with Crippen LogP contribution < -0.4 is 10.1 Å². The van der Waals surface area contributed by atoms with Gasteiger partial charge in [-0.25, -0.2) is 0 Å². The zero-order valence-electron chi connectivity index (χ0n) is 14.8. The molecule has 146 valence electrons. The zero-order valence-corrected chi connectivity index (χ0v) is 20.3. The minimum atomic E-state index is 0.333. The third-order valence-electron chi connectivity index (χ3n) is 4.21. The molecule has 0 aliphatic heterocycles. The van der Waals surface area contributed by atoms with Gasteiger partial charge < -0.3 is 10.1 Å². The van der Waals surface area contributed by atoms with Crippen LogP contribution in [-0.2, 0) is 13.2 Å². The first-order valence-electron chi connectivity index (χ1n) is 8.39. The molecule has 0 spiro atoms. The van der Waals surface area contributed by atoms with Gasteiger partial charge in [0.1, 0.15) is 12.4 Å². The Kier molecular flexibility index (Phi) is 7.57. The molecular formula is C21H16Br2Cl3NO. The summed E-state index contributed by atoms with van der Waals surface area (Å²) in [5.41, 5.74) is 3.85. The van der Waals surface area contributed by atoms with Gasteiger partial charge in [0.25, 0.3) is 0 Å². The molecule has 0 heterocycles. The number of hydrogen-bond acceptors (Lipinski definition) is 2. The summed E-state index contributed by atoms with van der Waals surface area (Å²) in [6.07, 6.45) is 0. The number of benzene rings is 3. The molecule has 3 rings (SSSR count). The highest BCUT2D eigenvalue weighted by Gasteiger charge is 2.13. The van der Waals surface area contributed by atoms with Gasteiger partial charge in [0.05, 0.1) is 4.47 Å². The van der Waals surface area contributed by atoms with Crippen molar-refractivity contribution in [3.8, 4) is 5.75 Å². The van der Waals surface area contributed by atoms with Crippen LogP contribution in [0, 0.1) is 6.92 Å². The lowest BCUT2D eigenvalue weighted by molar-refractivity contribution is 0.301. The Bertz CT molecular complexity index is 1010. The van der Waals surface area contributed by atoms with E-state index in [0.29, 0.717) is 23.2 Å². The minimum Gasteiger partial charge on any atom is -0.487 e. The number of nitrogens with one attached hydrogen (secondary N) is 1. The largest absolute Gasteiger partial charge is 0.487 e. The van der Waals surface area contributed by atoms with Crippen LogP contribution in [0.25, 0.3) is 0 Å². The summed E-state index contributed by atoms with van der Waals surface area (Å²) in [6, 6.07) is 15.2. The van der Waals surface area contributed by atoms with E-state index in [-0.39, 0.29) is 0 Å². The predicted octanol–water partition coefficient (Wildman–Crippen LogP) is 8.67. The molecule has 2 nitrogen and oxygen atoms in total. The molecule has 3 aromatic rings. The fourth-order valence-electron chi connectivity index (χ4n) is 2.68. The molecule has 7 heteroatoms. The van der Waals surface area contributed by atoms with Gasteiger partial charge in [-0.15, -0.1) is 0 Å². The summed E-state index contributed by atoms with van der Waals surface area (Å²) in [5.74, 6) is 0.751. The molecule has 0 aromatic heterocycles. The van der Waals surface area contributed by atoms with Crippen molar-refractivity contribution in [2.45, 2.75) is 20.1 Å². The van der Waals surface area contributed by atoms with Gasteiger partial charge in [-0.2, -0.15) is 0 Å². The summed E-state index contributed by atoms with van der Waals surface area (Å²) in [4.78, 5) is 0. The highest BCUT2D eigenvalue weighted by Crippen LogP contribution is 2.35. The molecule has 0 unspecified atom stereocenters. The first kappa shape index (κ1) is 21.8. The van der Waals surface area contributed by atoms with E-state index in [1.54, 1.807) is 12.1 Å². The molecule has 0 amide bonds. The second-order valence-electron chi connectivity index (χ2n) is 6.17. The van der Waals surface area contributed by atoms with Crippen LogP contribution in [0.15, 0.2) is 57.5 Å². The van der Waals surface area contributed by atoms with Crippen LogP contribution in [0.4, 0.5) is 5.69 Å². The normalized spacial score (nSPS) is 10.8.